The molecule has 0 aliphatic heterocycles. The van der Waals surface area contributed by atoms with Crippen LogP contribution >= 0.6 is 0 Å². The van der Waals surface area contributed by atoms with Crippen LogP contribution in [0, 0.1) is 6.92 Å². The van der Waals surface area contributed by atoms with Crippen LogP contribution in [0.2, 0.25) is 0 Å². The van der Waals surface area contributed by atoms with Crippen LogP contribution in [-0.4, -0.2) is 15.6 Å². The molecule has 0 aliphatic carbocycles. The van der Waals surface area contributed by atoms with E-state index in [0.717, 1.165) is 22.7 Å². The Labute approximate surface area is 113 Å². The molecule has 100 valence electrons. The van der Waals surface area contributed by atoms with Crippen molar-refractivity contribution in [3.05, 3.63) is 47.3 Å². The van der Waals surface area contributed by atoms with Gasteiger partial charge in [-0.05, 0) is 37.6 Å². The van der Waals surface area contributed by atoms with Crippen LogP contribution < -0.4 is 4.74 Å². The van der Waals surface area contributed by atoms with Gasteiger partial charge in [0.05, 0.1) is 11.4 Å². The molecule has 1 aromatic carbocycles. The lowest BCUT2D eigenvalue weighted by atomic mass is 10.1. The molecule has 2 aromatic rings. The zero-order valence-corrected chi connectivity index (χ0v) is 11.5. The molecule has 0 aliphatic rings. The maximum absolute atomic E-state index is 11.0. The van der Waals surface area contributed by atoms with E-state index in [1.807, 2.05) is 49.0 Å². The molecule has 0 unspecified atom stereocenters. The maximum Gasteiger partial charge on any atom is 0.134 e. The Morgan fingerprint density at radius 3 is 2.53 bits per heavy atom. The highest BCUT2D eigenvalue weighted by atomic mass is 16.5. The van der Waals surface area contributed by atoms with E-state index in [9.17, 15) is 4.79 Å². The predicted octanol–water partition coefficient (Wildman–Crippen LogP) is 2.44. The summed E-state index contributed by atoms with van der Waals surface area (Å²) in [5, 5.41) is 4.27. The molecule has 4 nitrogen and oxygen atoms in total. The molecule has 0 amide bonds. The third-order valence-corrected chi connectivity index (χ3v) is 2.86. The molecule has 0 saturated heterocycles. The molecule has 2 rings (SSSR count). The summed E-state index contributed by atoms with van der Waals surface area (Å²) in [7, 11) is 1.90. The van der Waals surface area contributed by atoms with Crippen LogP contribution in [0.5, 0.6) is 5.75 Å². The maximum atomic E-state index is 11.0. The fourth-order valence-corrected chi connectivity index (χ4v) is 1.95. The summed E-state index contributed by atoms with van der Waals surface area (Å²) >= 11 is 0. The quantitative estimate of drug-likeness (QED) is 0.827. The second-order valence-electron chi connectivity index (χ2n) is 4.71. The summed E-state index contributed by atoms with van der Waals surface area (Å²) < 4.78 is 7.52. The predicted molar refractivity (Wildman–Crippen MR) is 73.1 cm³/mol. The van der Waals surface area contributed by atoms with E-state index >= 15 is 0 Å². The fourth-order valence-electron chi connectivity index (χ4n) is 1.95. The minimum atomic E-state index is 0.166. The number of carbonyl (C=O) groups is 1. The number of hydrogen-bond donors (Lipinski definition) is 0. The van der Waals surface area contributed by atoms with E-state index in [0.29, 0.717) is 13.0 Å². The van der Waals surface area contributed by atoms with Crippen LogP contribution in [0.4, 0.5) is 0 Å². The van der Waals surface area contributed by atoms with Crippen molar-refractivity contribution in [2.75, 3.05) is 0 Å². The third kappa shape index (κ3) is 3.68. The van der Waals surface area contributed by atoms with Crippen LogP contribution in [0.3, 0.4) is 0 Å². The van der Waals surface area contributed by atoms with Gasteiger partial charge >= 0.3 is 0 Å². The van der Waals surface area contributed by atoms with Crippen molar-refractivity contribution < 1.29 is 9.53 Å². The zero-order valence-electron chi connectivity index (χ0n) is 11.5. The molecule has 0 N–H and O–H groups in total. The Bertz CT molecular complexity index is 570. The van der Waals surface area contributed by atoms with Gasteiger partial charge in [0.25, 0.3) is 0 Å². The molecule has 0 radical (unpaired) electrons. The first-order valence-corrected chi connectivity index (χ1v) is 6.25. The van der Waals surface area contributed by atoms with E-state index in [1.165, 1.54) is 0 Å². The Balaban J connectivity index is 1.96. The van der Waals surface area contributed by atoms with Crippen LogP contribution in [0.1, 0.15) is 23.9 Å². The Morgan fingerprint density at radius 1 is 1.32 bits per heavy atom. The number of aromatic nitrogens is 2. The summed E-state index contributed by atoms with van der Waals surface area (Å²) in [5.74, 6) is 0.963. The van der Waals surface area contributed by atoms with E-state index in [1.54, 1.807) is 6.92 Å². The summed E-state index contributed by atoms with van der Waals surface area (Å²) in [6.45, 7) is 4.04. The molecule has 19 heavy (non-hydrogen) atoms. The van der Waals surface area contributed by atoms with Crippen molar-refractivity contribution in [1.29, 1.82) is 0 Å². The molecule has 0 spiro atoms. The summed E-state index contributed by atoms with van der Waals surface area (Å²) in [4.78, 5) is 11.0. The molecule has 4 heteroatoms. The number of aryl methyl sites for hydroxylation is 2. The van der Waals surface area contributed by atoms with Gasteiger partial charge in [-0.25, -0.2) is 0 Å². The van der Waals surface area contributed by atoms with Gasteiger partial charge in [-0.3, -0.25) is 9.48 Å². The highest BCUT2D eigenvalue weighted by Crippen LogP contribution is 2.15. The Kier molecular flexibility index (Phi) is 4.00. The van der Waals surface area contributed by atoms with E-state index in [-0.39, 0.29) is 5.78 Å². The normalized spacial score (nSPS) is 10.5. The summed E-state index contributed by atoms with van der Waals surface area (Å²) in [5.41, 5.74) is 3.03. The minimum absolute atomic E-state index is 0.166. The number of ether oxygens (including phenoxy) is 1. The Morgan fingerprint density at radius 2 is 2.00 bits per heavy atom. The number of carbonyl (C=O) groups excluding carboxylic acids is 1. The van der Waals surface area contributed by atoms with Crippen LogP contribution in [-0.2, 0) is 24.9 Å². The van der Waals surface area contributed by atoms with Crippen molar-refractivity contribution in [1.82, 2.24) is 9.78 Å². The number of ketones is 1. The lowest BCUT2D eigenvalue weighted by Gasteiger charge is -2.07. The Hall–Kier alpha value is -2.10. The number of Topliss-reactive ketones (excluding diaryl/α,β-unsaturated/α-hetero) is 1. The first-order valence-electron chi connectivity index (χ1n) is 6.25. The van der Waals surface area contributed by atoms with Gasteiger partial charge in [0.2, 0.25) is 0 Å². The number of rotatable bonds is 5. The highest BCUT2D eigenvalue weighted by molar-refractivity contribution is 5.78. The lowest BCUT2D eigenvalue weighted by molar-refractivity contribution is -0.116. The first-order chi connectivity index (χ1) is 9.04. The van der Waals surface area contributed by atoms with Gasteiger partial charge in [0.1, 0.15) is 18.1 Å². The molecule has 0 bridgehead atoms. The molecule has 1 heterocycles. The third-order valence-electron chi connectivity index (χ3n) is 2.86. The van der Waals surface area contributed by atoms with Crippen molar-refractivity contribution in [3.63, 3.8) is 0 Å². The molecule has 0 fully saturated rings. The largest absolute Gasteiger partial charge is 0.487 e. The molecule has 0 saturated carbocycles. The van der Waals surface area contributed by atoms with Gasteiger partial charge in [-0.1, -0.05) is 12.1 Å². The van der Waals surface area contributed by atoms with E-state index in [2.05, 4.69) is 5.10 Å². The monoisotopic (exact) mass is 258 g/mol. The van der Waals surface area contributed by atoms with Gasteiger partial charge in [-0.15, -0.1) is 0 Å². The van der Waals surface area contributed by atoms with Crippen molar-refractivity contribution in [3.8, 4) is 5.75 Å². The number of benzene rings is 1. The average Bonchev–Trinajstić information content (AvgIpc) is 2.66. The van der Waals surface area contributed by atoms with E-state index < -0.39 is 0 Å². The molecule has 0 atom stereocenters. The zero-order chi connectivity index (χ0) is 13.8. The molecular formula is C15H18N2O2. The van der Waals surface area contributed by atoms with E-state index in [4.69, 9.17) is 4.74 Å². The van der Waals surface area contributed by atoms with Crippen molar-refractivity contribution in [2.24, 2.45) is 7.05 Å². The second-order valence-corrected chi connectivity index (χ2v) is 4.71. The smallest absolute Gasteiger partial charge is 0.134 e. The summed E-state index contributed by atoms with van der Waals surface area (Å²) in [6.07, 6.45) is 0.473. The fraction of sp³-hybridized carbons (Fsp3) is 0.333. The van der Waals surface area contributed by atoms with Crippen molar-refractivity contribution in [2.45, 2.75) is 26.9 Å². The van der Waals surface area contributed by atoms with Crippen molar-refractivity contribution >= 4 is 5.78 Å². The van der Waals surface area contributed by atoms with Crippen LogP contribution in [0.25, 0.3) is 0 Å². The first kappa shape index (κ1) is 13.3. The lowest BCUT2D eigenvalue weighted by Crippen LogP contribution is -2.03. The summed E-state index contributed by atoms with van der Waals surface area (Å²) in [6, 6.07) is 9.63. The molecule has 1 aromatic heterocycles. The minimum Gasteiger partial charge on any atom is -0.487 e. The second kappa shape index (κ2) is 5.69. The number of nitrogens with zero attached hydrogens (tertiary/aromatic N) is 2. The number of hydrogen-bond acceptors (Lipinski definition) is 3. The average molecular weight is 258 g/mol. The van der Waals surface area contributed by atoms with Gasteiger partial charge in [0.15, 0.2) is 0 Å². The SMILES string of the molecule is CC(=O)Cc1ccc(OCc2cc(C)nn2C)cc1. The van der Waals surface area contributed by atoms with Crippen LogP contribution in [0.15, 0.2) is 30.3 Å². The topological polar surface area (TPSA) is 44.1 Å². The van der Waals surface area contributed by atoms with Gasteiger partial charge in [0, 0.05) is 13.5 Å². The van der Waals surface area contributed by atoms with Gasteiger partial charge < -0.3 is 4.74 Å². The van der Waals surface area contributed by atoms with Gasteiger partial charge in [-0.2, -0.15) is 5.10 Å². The molecular weight excluding hydrogens is 240 g/mol. The highest BCUT2D eigenvalue weighted by Gasteiger charge is 2.03. The standard InChI is InChI=1S/C15H18N2O2/c1-11-8-14(17(3)16-11)10-19-15-6-4-13(5-7-15)9-12(2)18/h4-8H,9-10H2,1-3H3.